The molecule has 0 aliphatic carbocycles. The van der Waals surface area contributed by atoms with Gasteiger partial charge in [0.2, 0.25) is 0 Å². The Hall–Kier alpha value is 0.390. The summed E-state index contributed by atoms with van der Waals surface area (Å²) in [5.41, 5.74) is 0. The minimum atomic E-state index is -0.896. The topological polar surface area (TPSA) is 69.6 Å². The molecule has 0 amide bonds. The fourth-order valence-corrected chi connectivity index (χ4v) is 0.761. The van der Waals surface area contributed by atoms with Gasteiger partial charge in [0.1, 0.15) is 6.04 Å². The smallest absolute Gasteiger partial charge is 0.320 e. The molecular formula is C7H15NNaO3. The fourth-order valence-electron chi connectivity index (χ4n) is 0.761. The van der Waals surface area contributed by atoms with Gasteiger partial charge in [0, 0.05) is 36.2 Å². The van der Waals surface area contributed by atoms with Gasteiger partial charge in [-0.1, -0.05) is 6.92 Å². The first-order valence-corrected chi connectivity index (χ1v) is 3.79. The quantitative estimate of drug-likeness (QED) is 0.484. The summed E-state index contributed by atoms with van der Waals surface area (Å²) < 4.78 is 0. The molecule has 67 valence electrons. The molecule has 0 saturated carbocycles. The predicted octanol–water partition coefficient (Wildman–Crippen LogP) is -0.559. The Morgan fingerprint density at radius 2 is 2.17 bits per heavy atom. The first kappa shape index (κ1) is 14.9. The van der Waals surface area contributed by atoms with Crippen LogP contribution in [0.25, 0.3) is 0 Å². The molecule has 0 aromatic rings. The molecule has 12 heavy (non-hydrogen) atoms. The van der Waals surface area contributed by atoms with Crippen molar-refractivity contribution in [3.8, 4) is 0 Å². The van der Waals surface area contributed by atoms with Crippen LogP contribution < -0.4 is 5.32 Å². The summed E-state index contributed by atoms with van der Waals surface area (Å²) >= 11 is 0. The molecule has 0 heterocycles. The molecule has 1 atom stereocenters. The third-order valence-corrected chi connectivity index (χ3v) is 1.36. The second-order valence-electron chi connectivity index (χ2n) is 2.36. The number of aliphatic hydroxyl groups is 1. The molecule has 0 aromatic carbocycles. The van der Waals surface area contributed by atoms with Crippen LogP contribution in [0.15, 0.2) is 0 Å². The normalized spacial score (nSPS) is 11.8. The van der Waals surface area contributed by atoms with Gasteiger partial charge in [0.15, 0.2) is 0 Å². The number of aliphatic carboxylic acids is 1. The van der Waals surface area contributed by atoms with Crippen LogP contribution in [0, 0.1) is 0 Å². The van der Waals surface area contributed by atoms with Crippen molar-refractivity contribution in [2.45, 2.75) is 25.8 Å². The van der Waals surface area contributed by atoms with Gasteiger partial charge in [0.25, 0.3) is 0 Å². The third-order valence-electron chi connectivity index (χ3n) is 1.36. The van der Waals surface area contributed by atoms with Gasteiger partial charge in [-0.05, 0) is 19.4 Å². The molecule has 5 heteroatoms. The number of rotatable bonds is 6. The maximum Gasteiger partial charge on any atom is 0.320 e. The summed E-state index contributed by atoms with van der Waals surface area (Å²) in [6.07, 6.45) is 1.17. The summed E-state index contributed by atoms with van der Waals surface area (Å²) in [5, 5.41) is 19.8. The van der Waals surface area contributed by atoms with E-state index >= 15 is 0 Å². The van der Waals surface area contributed by atoms with Crippen molar-refractivity contribution in [3.63, 3.8) is 0 Å². The second-order valence-corrected chi connectivity index (χ2v) is 2.36. The molecule has 4 nitrogen and oxygen atoms in total. The monoisotopic (exact) mass is 184 g/mol. The molecule has 3 N–H and O–H groups in total. The van der Waals surface area contributed by atoms with Crippen molar-refractivity contribution in [3.05, 3.63) is 0 Å². The van der Waals surface area contributed by atoms with Crippen molar-refractivity contribution in [2.24, 2.45) is 0 Å². The van der Waals surface area contributed by atoms with Gasteiger partial charge in [-0.3, -0.25) is 4.79 Å². The van der Waals surface area contributed by atoms with Crippen LogP contribution in [0.3, 0.4) is 0 Å². The van der Waals surface area contributed by atoms with Crippen LogP contribution >= 0.6 is 0 Å². The molecule has 0 aliphatic rings. The Morgan fingerprint density at radius 1 is 1.58 bits per heavy atom. The molecule has 0 aromatic heterocycles. The molecule has 0 spiro atoms. The van der Waals surface area contributed by atoms with Gasteiger partial charge in [-0.2, -0.15) is 0 Å². The Morgan fingerprint density at radius 3 is 2.50 bits per heavy atom. The van der Waals surface area contributed by atoms with E-state index < -0.39 is 12.0 Å². The number of hydrogen-bond donors (Lipinski definition) is 3. The van der Waals surface area contributed by atoms with Crippen molar-refractivity contribution in [1.82, 2.24) is 5.32 Å². The van der Waals surface area contributed by atoms with E-state index in [1.165, 1.54) is 0 Å². The maximum atomic E-state index is 10.4. The fraction of sp³-hybridized carbons (Fsp3) is 0.857. The first-order valence-electron chi connectivity index (χ1n) is 3.79. The number of aliphatic hydroxyl groups excluding tert-OH is 1. The second kappa shape index (κ2) is 9.48. The number of hydrogen-bond acceptors (Lipinski definition) is 3. The van der Waals surface area contributed by atoms with Crippen LogP contribution in [0.4, 0.5) is 0 Å². The Balaban J connectivity index is 0. The van der Waals surface area contributed by atoms with Crippen molar-refractivity contribution in [1.29, 1.82) is 0 Å². The van der Waals surface area contributed by atoms with E-state index in [0.717, 1.165) is 6.42 Å². The average Bonchev–Trinajstić information content (AvgIpc) is 1.97. The van der Waals surface area contributed by atoms with Gasteiger partial charge >= 0.3 is 5.97 Å². The molecule has 0 saturated heterocycles. The summed E-state index contributed by atoms with van der Waals surface area (Å²) in [5.74, 6) is -0.896. The molecule has 0 fully saturated rings. The molecule has 0 aliphatic heterocycles. The summed E-state index contributed by atoms with van der Waals surface area (Å²) in [7, 11) is 0. The van der Waals surface area contributed by atoms with Crippen LogP contribution in [0.2, 0.25) is 0 Å². The van der Waals surface area contributed by atoms with E-state index in [1.807, 2.05) is 6.92 Å². The SMILES string of the molecule is CCCN[C@@H](CCO)C(=O)O.[Na]. The van der Waals surface area contributed by atoms with Crippen molar-refractivity contribution < 1.29 is 15.0 Å². The zero-order chi connectivity index (χ0) is 8.69. The minimum absolute atomic E-state index is 0. The average molecular weight is 184 g/mol. The van der Waals surface area contributed by atoms with E-state index in [1.54, 1.807) is 0 Å². The molecule has 0 bridgehead atoms. The van der Waals surface area contributed by atoms with Crippen molar-refractivity contribution >= 4 is 35.5 Å². The van der Waals surface area contributed by atoms with E-state index in [0.29, 0.717) is 6.54 Å². The van der Waals surface area contributed by atoms with Gasteiger partial charge in [-0.25, -0.2) is 0 Å². The molecule has 0 unspecified atom stereocenters. The van der Waals surface area contributed by atoms with E-state index in [-0.39, 0.29) is 42.6 Å². The number of carbonyl (C=O) groups is 1. The summed E-state index contributed by atoms with van der Waals surface area (Å²) in [6, 6.07) is -0.597. The van der Waals surface area contributed by atoms with Gasteiger partial charge in [-0.15, -0.1) is 0 Å². The van der Waals surface area contributed by atoms with Gasteiger partial charge in [0.05, 0.1) is 0 Å². The van der Waals surface area contributed by atoms with E-state index in [4.69, 9.17) is 10.2 Å². The molecule has 0 rings (SSSR count). The van der Waals surface area contributed by atoms with Crippen LogP contribution in [0.1, 0.15) is 19.8 Å². The zero-order valence-electron chi connectivity index (χ0n) is 7.71. The van der Waals surface area contributed by atoms with Crippen LogP contribution in [-0.4, -0.2) is 64.9 Å². The number of nitrogens with one attached hydrogen (secondary N) is 1. The standard InChI is InChI=1S/C7H15NO3.Na/c1-2-4-8-6(3-5-9)7(10)11;/h6,8-9H,2-5H2,1H3,(H,10,11);/t6-;/m0./s1. The Labute approximate surface area is 94.6 Å². The largest absolute Gasteiger partial charge is 0.480 e. The third kappa shape index (κ3) is 7.06. The molecule has 1 radical (unpaired) electrons. The van der Waals surface area contributed by atoms with Crippen LogP contribution in [0.5, 0.6) is 0 Å². The summed E-state index contributed by atoms with van der Waals surface area (Å²) in [6.45, 7) is 2.55. The van der Waals surface area contributed by atoms with Gasteiger partial charge < -0.3 is 15.5 Å². The predicted molar refractivity (Wildman–Crippen MR) is 47.2 cm³/mol. The Kier molecular flexibility index (Phi) is 11.8. The van der Waals surface area contributed by atoms with E-state index in [9.17, 15) is 4.79 Å². The van der Waals surface area contributed by atoms with Crippen LogP contribution in [-0.2, 0) is 4.79 Å². The zero-order valence-corrected chi connectivity index (χ0v) is 9.71. The van der Waals surface area contributed by atoms with E-state index in [2.05, 4.69) is 5.32 Å². The summed E-state index contributed by atoms with van der Waals surface area (Å²) in [4.78, 5) is 10.4. The maximum absolute atomic E-state index is 10.4. The number of carboxylic acids is 1. The Bertz CT molecular complexity index is 121. The molecular weight excluding hydrogens is 169 g/mol. The minimum Gasteiger partial charge on any atom is -0.480 e. The van der Waals surface area contributed by atoms with Crippen molar-refractivity contribution in [2.75, 3.05) is 13.2 Å². The first-order chi connectivity index (χ1) is 5.22. The number of carboxylic acid groups (broad SMARTS) is 1.